The fourth-order valence-corrected chi connectivity index (χ4v) is 2.52. The summed E-state index contributed by atoms with van der Waals surface area (Å²) in [6, 6.07) is 10.3. The van der Waals surface area contributed by atoms with Gasteiger partial charge in [0.1, 0.15) is 0 Å². The summed E-state index contributed by atoms with van der Waals surface area (Å²) >= 11 is 0. The molecule has 0 radical (unpaired) electrons. The number of amides is 1. The largest absolute Gasteiger partial charge is 0.481 e. The van der Waals surface area contributed by atoms with E-state index in [0.717, 1.165) is 26.6 Å². The molecule has 25 heavy (non-hydrogen) atoms. The Labute approximate surface area is 148 Å². The number of esters is 1. The van der Waals surface area contributed by atoms with Gasteiger partial charge < -0.3 is 14.7 Å². The lowest BCUT2D eigenvalue weighted by Crippen LogP contribution is -2.51. The van der Waals surface area contributed by atoms with Crippen molar-refractivity contribution in [1.29, 1.82) is 0 Å². The minimum Gasteiger partial charge on any atom is -0.481 e. The fourth-order valence-electron chi connectivity index (χ4n) is 2.52. The van der Waals surface area contributed by atoms with Gasteiger partial charge in [0, 0.05) is 46.6 Å². The lowest BCUT2D eigenvalue weighted by molar-refractivity contribution is -0.158. The number of piperazine rings is 1. The number of ether oxygens (including phenoxy) is 1. The van der Waals surface area contributed by atoms with E-state index in [0.29, 0.717) is 13.1 Å². The molecule has 7 heteroatoms. The van der Waals surface area contributed by atoms with Gasteiger partial charge in [-0.05, 0) is 12.5 Å². The van der Waals surface area contributed by atoms with Gasteiger partial charge >= 0.3 is 5.97 Å². The number of carbonyl (C=O) groups is 3. The van der Waals surface area contributed by atoms with E-state index in [1.807, 2.05) is 18.2 Å². The summed E-state index contributed by atoms with van der Waals surface area (Å²) in [6.07, 6.45) is -0.692. The summed E-state index contributed by atoms with van der Waals surface area (Å²) in [5, 5.41) is 7.42. The fraction of sp³-hybridized carbons (Fsp3) is 0.500. The summed E-state index contributed by atoms with van der Waals surface area (Å²) in [6.45, 7) is 7.97. The zero-order valence-corrected chi connectivity index (χ0v) is 15.0. The van der Waals surface area contributed by atoms with Crippen LogP contribution in [-0.4, -0.2) is 65.0 Å². The smallest absolute Gasteiger partial charge is 0.303 e. The van der Waals surface area contributed by atoms with Crippen LogP contribution in [0.1, 0.15) is 26.3 Å². The first-order valence-electron chi connectivity index (χ1n) is 8.21. The molecule has 1 N–H and O–H groups in total. The van der Waals surface area contributed by atoms with Gasteiger partial charge in [-0.1, -0.05) is 30.3 Å². The number of hydrogen-bond donors (Lipinski definition) is 1. The monoisotopic (exact) mass is 350 g/mol. The maximum atomic E-state index is 12.1. The Kier molecular flexibility index (Phi) is 8.63. The number of nitrogens with zero attached hydrogens (tertiary/aromatic N) is 2. The van der Waals surface area contributed by atoms with Gasteiger partial charge in [-0.2, -0.15) is 0 Å². The minimum absolute atomic E-state index is 0.107. The van der Waals surface area contributed by atoms with Crippen LogP contribution in [-0.2, 0) is 25.7 Å². The average Bonchev–Trinajstić information content (AvgIpc) is 2.55. The third-order valence-corrected chi connectivity index (χ3v) is 3.62. The molecular weight excluding hydrogens is 324 g/mol. The minimum atomic E-state index is -0.833. The molecule has 0 unspecified atom stereocenters. The number of carboxylic acids is 1. The Balaban J connectivity index is 0.000000705. The van der Waals surface area contributed by atoms with E-state index < -0.39 is 18.0 Å². The van der Waals surface area contributed by atoms with Crippen molar-refractivity contribution in [2.24, 2.45) is 0 Å². The number of hydrogen-bond acceptors (Lipinski definition) is 5. The van der Waals surface area contributed by atoms with E-state index in [1.165, 1.54) is 12.5 Å². The van der Waals surface area contributed by atoms with Crippen molar-refractivity contribution in [3.63, 3.8) is 0 Å². The molecule has 1 aromatic carbocycles. The number of aliphatic carboxylic acids is 1. The molecule has 1 fully saturated rings. The second kappa shape index (κ2) is 10.5. The molecule has 1 saturated heterocycles. The zero-order chi connectivity index (χ0) is 18.8. The van der Waals surface area contributed by atoms with Crippen molar-refractivity contribution >= 4 is 17.8 Å². The Morgan fingerprint density at radius 1 is 1.08 bits per heavy atom. The Morgan fingerprint density at radius 2 is 1.60 bits per heavy atom. The topological polar surface area (TPSA) is 87.1 Å². The quantitative estimate of drug-likeness (QED) is 0.826. The predicted molar refractivity (Wildman–Crippen MR) is 92.8 cm³/mol. The average molecular weight is 350 g/mol. The highest BCUT2D eigenvalue weighted by Crippen LogP contribution is 2.10. The van der Waals surface area contributed by atoms with E-state index in [9.17, 15) is 9.59 Å². The third-order valence-electron chi connectivity index (χ3n) is 3.62. The zero-order valence-electron chi connectivity index (χ0n) is 15.0. The Bertz CT molecular complexity index is 564. The molecule has 1 amide bonds. The molecule has 1 aromatic rings. The SMILES string of the molecule is CC(=O)O.CC(=O)O[C@@H](C)C(=O)N1CCN(Cc2ccccc2)CC1. The van der Waals surface area contributed by atoms with Crippen molar-refractivity contribution in [2.45, 2.75) is 33.4 Å². The Hall–Kier alpha value is -2.41. The summed E-state index contributed by atoms with van der Waals surface area (Å²) in [7, 11) is 0. The van der Waals surface area contributed by atoms with E-state index in [4.69, 9.17) is 14.6 Å². The number of carboxylic acid groups (broad SMARTS) is 1. The molecular formula is C18H26N2O5. The molecule has 0 aromatic heterocycles. The molecule has 0 saturated carbocycles. The van der Waals surface area contributed by atoms with Crippen LogP contribution < -0.4 is 0 Å². The van der Waals surface area contributed by atoms with Crippen LogP contribution in [0.25, 0.3) is 0 Å². The van der Waals surface area contributed by atoms with Crippen LogP contribution in [0.5, 0.6) is 0 Å². The molecule has 1 heterocycles. The van der Waals surface area contributed by atoms with Crippen LogP contribution in [0, 0.1) is 0 Å². The summed E-state index contributed by atoms with van der Waals surface area (Å²) in [5.41, 5.74) is 1.28. The van der Waals surface area contributed by atoms with E-state index in [-0.39, 0.29) is 5.91 Å². The van der Waals surface area contributed by atoms with Gasteiger partial charge in [-0.3, -0.25) is 19.3 Å². The van der Waals surface area contributed by atoms with Crippen LogP contribution in [0.4, 0.5) is 0 Å². The first-order valence-corrected chi connectivity index (χ1v) is 8.21. The standard InChI is InChI=1S/C16H22N2O3.C2H4O2/c1-13(21-14(2)19)16(20)18-10-8-17(9-11-18)12-15-6-4-3-5-7-15;1-2(3)4/h3-7,13H,8-12H2,1-2H3;1H3,(H,3,4)/t13-;/m0./s1. The van der Waals surface area contributed by atoms with Gasteiger partial charge in [0.15, 0.2) is 6.10 Å². The molecule has 1 atom stereocenters. The maximum Gasteiger partial charge on any atom is 0.303 e. The van der Waals surface area contributed by atoms with Crippen LogP contribution in [0.3, 0.4) is 0 Å². The van der Waals surface area contributed by atoms with Crippen LogP contribution in [0.15, 0.2) is 30.3 Å². The highest BCUT2D eigenvalue weighted by molar-refractivity contribution is 5.83. The first kappa shape index (κ1) is 20.6. The van der Waals surface area contributed by atoms with Crippen molar-refractivity contribution in [3.8, 4) is 0 Å². The summed E-state index contributed by atoms with van der Waals surface area (Å²) in [4.78, 5) is 36.1. The highest BCUT2D eigenvalue weighted by Gasteiger charge is 2.26. The van der Waals surface area contributed by atoms with Crippen molar-refractivity contribution in [1.82, 2.24) is 9.80 Å². The number of benzene rings is 1. The normalized spacial score (nSPS) is 15.6. The second-order valence-corrected chi connectivity index (χ2v) is 5.86. The highest BCUT2D eigenvalue weighted by atomic mass is 16.5. The maximum absolute atomic E-state index is 12.1. The van der Waals surface area contributed by atoms with Gasteiger partial charge in [0.2, 0.25) is 0 Å². The lowest BCUT2D eigenvalue weighted by Gasteiger charge is -2.35. The van der Waals surface area contributed by atoms with Crippen molar-refractivity contribution in [3.05, 3.63) is 35.9 Å². The van der Waals surface area contributed by atoms with Gasteiger partial charge in [-0.25, -0.2) is 0 Å². The van der Waals surface area contributed by atoms with Gasteiger partial charge in [0.25, 0.3) is 11.9 Å². The third kappa shape index (κ3) is 8.30. The number of carbonyl (C=O) groups excluding carboxylic acids is 2. The molecule has 138 valence electrons. The van der Waals surface area contributed by atoms with Crippen molar-refractivity contribution in [2.75, 3.05) is 26.2 Å². The Morgan fingerprint density at radius 3 is 2.08 bits per heavy atom. The van der Waals surface area contributed by atoms with Crippen LogP contribution >= 0.6 is 0 Å². The first-order chi connectivity index (χ1) is 11.8. The predicted octanol–water partition coefficient (Wildman–Crippen LogP) is 1.37. The number of rotatable bonds is 4. The van der Waals surface area contributed by atoms with Crippen LogP contribution in [0.2, 0.25) is 0 Å². The lowest BCUT2D eigenvalue weighted by atomic mass is 10.2. The van der Waals surface area contributed by atoms with Crippen molar-refractivity contribution < 1.29 is 24.2 Å². The van der Waals surface area contributed by atoms with Gasteiger partial charge in [0.05, 0.1) is 0 Å². The van der Waals surface area contributed by atoms with E-state index in [1.54, 1.807) is 11.8 Å². The second-order valence-electron chi connectivity index (χ2n) is 5.86. The molecule has 0 bridgehead atoms. The van der Waals surface area contributed by atoms with Gasteiger partial charge in [-0.15, -0.1) is 0 Å². The summed E-state index contributed by atoms with van der Waals surface area (Å²) < 4.78 is 4.94. The van der Waals surface area contributed by atoms with E-state index in [2.05, 4.69) is 17.0 Å². The molecule has 7 nitrogen and oxygen atoms in total. The molecule has 2 rings (SSSR count). The molecule has 1 aliphatic heterocycles. The molecule has 1 aliphatic rings. The molecule has 0 spiro atoms. The molecule has 0 aliphatic carbocycles. The van der Waals surface area contributed by atoms with E-state index >= 15 is 0 Å². The summed E-state index contributed by atoms with van der Waals surface area (Å²) in [5.74, 6) is -1.36.